The summed E-state index contributed by atoms with van der Waals surface area (Å²) in [6, 6.07) is 1.73. The van der Waals surface area contributed by atoms with Gasteiger partial charge in [0.05, 0.1) is 12.5 Å². The molecule has 1 fully saturated rings. The number of piperidine rings is 1. The summed E-state index contributed by atoms with van der Waals surface area (Å²) >= 11 is 0. The molecule has 1 aliphatic rings. The van der Waals surface area contributed by atoms with Crippen molar-refractivity contribution in [3.05, 3.63) is 18.5 Å². The third-order valence-corrected chi connectivity index (χ3v) is 3.08. The molecule has 0 aliphatic carbocycles. The highest BCUT2D eigenvalue weighted by Gasteiger charge is 2.11. The van der Waals surface area contributed by atoms with Crippen LogP contribution in [-0.2, 0) is 0 Å². The van der Waals surface area contributed by atoms with Gasteiger partial charge in [0.1, 0.15) is 5.69 Å². The minimum absolute atomic E-state index is 0.374. The number of ether oxygens (including phenoxy) is 1. The molecule has 2 heterocycles. The highest BCUT2D eigenvalue weighted by molar-refractivity contribution is 5.73. The molecule has 1 aromatic heterocycles. The van der Waals surface area contributed by atoms with Crippen molar-refractivity contribution in [2.45, 2.75) is 19.3 Å². The number of rotatable bonds is 3. The van der Waals surface area contributed by atoms with Crippen LogP contribution in [0.1, 0.15) is 19.3 Å². The van der Waals surface area contributed by atoms with Crippen molar-refractivity contribution in [1.29, 1.82) is 0 Å². The van der Waals surface area contributed by atoms with Crippen LogP contribution < -0.4 is 4.74 Å². The number of carbonyl (C=O) groups is 1. The molecule has 0 unspecified atom stereocenters. The smallest absolute Gasteiger partial charge is 0.406 e. The second kappa shape index (κ2) is 6.88. The zero-order valence-electron chi connectivity index (χ0n) is 12.0. The minimum atomic E-state index is -0.438. The van der Waals surface area contributed by atoms with Crippen LogP contribution in [0.3, 0.4) is 0 Å². The van der Waals surface area contributed by atoms with E-state index in [1.54, 1.807) is 26.4 Å². The van der Waals surface area contributed by atoms with Gasteiger partial charge in [0.2, 0.25) is 0 Å². The molecule has 0 bridgehead atoms. The van der Waals surface area contributed by atoms with Crippen molar-refractivity contribution < 1.29 is 9.53 Å². The predicted octanol–water partition coefficient (Wildman–Crippen LogP) is 2.29. The topological polar surface area (TPSA) is 58.0 Å². The lowest BCUT2D eigenvalue weighted by molar-refractivity contribution is 0.172. The summed E-state index contributed by atoms with van der Waals surface area (Å²) in [6.45, 7) is 2.06. The van der Waals surface area contributed by atoms with Gasteiger partial charge in [-0.3, -0.25) is 4.98 Å². The fraction of sp³-hybridized carbons (Fsp3) is 0.500. The van der Waals surface area contributed by atoms with E-state index < -0.39 is 6.09 Å². The fourth-order valence-electron chi connectivity index (χ4n) is 1.92. The summed E-state index contributed by atoms with van der Waals surface area (Å²) in [5.74, 6) is 0.374. The molecule has 20 heavy (non-hydrogen) atoms. The lowest BCUT2D eigenvalue weighted by atomic mass is 10.1. The maximum atomic E-state index is 11.6. The Balaban J connectivity index is 2.07. The van der Waals surface area contributed by atoms with E-state index in [0.717, 1.165) is 13.1 Å². The lowest BCUT2D eigenvalue weighted by Gasteiger charge is -2.23. The largest absolute Gasteiger partial charge is 0.414 e. The van der Waals surface area contributed by atoms with E-state index in [9.17, 15) is 4.79 Å². The number of likely N-dealkylation sites (tertiary alicyclic amines) is 1. The van der Waals surface area contributed by atoms with Crippen molar-refractivity contribution in [3.63, 3.8) is 0 Å². The predicted molar refractivity (Wildman–Crippen MR) is 77.5 cm³/mol. The van der Waals surface area contributed by atoms with E-state index in [1.165, 1.54) is 30.4 Å². The Kier molecular flexibility index (Phi) is 4.92. The Hall–Kier alpha value is -2.11. The fourth-order valence-corrected chi connectivity index (χ4v) is 1.92. The highest BCUT2D eigenvalue weighted by atomic mass is 16.6. The summed E-state index contributed by atoms with van der Waals surface area (Å²) < 4.78 is 5.24. The molecule has 1 saturated heterocycles. The van der Waals surface area contributed by atoms with Crippen LogP contribution in [0.5, 0.6) is 5.75 Å². The van der Waals surface area contributed by atoms with Gasteiger partial charge in [-0.05, 0) is 25.3 Å². The van der Waals surface area contributed by atoms with Crippen LogP contribution in [0.15, 0.2) is 23.5 Å². The van der Waals surface area contributed by atoms with E-state index in [0.29, 0.717) is 11.4 Å². The van der Waals surface area contributed by atoms with Crippen molar-refractivity contribution >= 4 is 18.1 Å². The van der Waals surface area contributed by atoms with E-state index in [4.69, 9.17) is 4.74 Å². The molecular formula is C14H20N4O2. The Labute approximate surface area is 119 Å². The van der Waals surface area contributed by atoms with Gasteiger partial charge >= 0.3 is 6.09 Å². The monoisotopic (exact) mass is 276 g/mol. The molecule has 1 aliphatic heterocycles. The van der Waals surface area contributed by atoms with Crippen LogP contribution in [0, 0.1) is 0 Å². The molecule has 0 radical (unpaired) electrons. The van der Waals surface area contributed by atoms with Gasteiger partial charge in [0, 0.05) is 33.4 Å². The number of carbonyl (C=O) groups excluding carboxylic acids is 1. The average molecular weight is 276 g/mol. The molecule has 108 valence electrons. The number of aromatic nitrogens is 1. The Morgan fingerprint density at radius 3 is 2.85 bits per heavy atom. The molecule has 0 N–H and O–H groups in total. The average Bonchev–Trinajstić information content (AvgIpc) is 2.47. The van der Waals surface area contributed by atoms with E-state index in [-0.39, 0.29) is 0 Å². The summed E-state index contributed by atoms with van der Waals surface area (Å²) in [7, 11) is 3.27. The molecule has 0 atom stereocenters. The number of nitrogens with zero attached hydrogens (tertiary/aromatic N) is 4. The van der Waals surface area contributed by atoms with Crippen molar-refractivity contribution in [3.8, 4) is 5.75 Å². The standard InChI is InChI=1S/C14H20N4O2/c1-17(2)14(19)20-13-10-15-7-6-12(13)16-11-18-8-4-3-5-9-18/h6-7,10-11H,3-5,8-9H2,1-2H3. The van der Waals surface area contributed by atoms with Crippen molar-refractivity contribution in [1.82, 2.24) is 14.8 Å². The zero-order chi connectivity index (χ0) is 14.4. The van der Waals surface area contributed by atoms with Gasteiger partial charge < -0.3 is 14.5 Å². The number of amides is 1. The second-order valence-electron chi connectivity index (χ2n) is 4.95. The first-order chi connectivity index (χ1) is 9.66. The molecule has 0 saturated carbocycles. The quantitative estimate of drug-likeness (QED) is 0.628. The number of hydrogen-bond donors (Lipinski definition) is 0. The van der Waals surface area contributed by atoms with Gasteiger partial charge in [0.25, 0.3) is 0 Å². The third kappa shape index (κ3) is 3.94. The third-order valence-electron chi connectivity index (χ3n) is 3.08. The first kappa shape index (κ1) is 14.3. The van der Waals surface area contributed by atoms with Gasteiger partial charge in [-0.2, -0.15) is 0 Å². The van der Waals surface area contributed by atoms with E-state index in [1.807, 2.05) is 6.34 Å². The van der Waals surface area contributed by atoms with Crippen LogP contribution >= 0.6 is 0 Å². The minimum Gasteiger partial charge on any atom is -0.406 e. The number of aliphatic imine (C=N–C) groups is 1. The van der Waals surface area contributed by atoms with Crippen LogP contribution in [0.25, 0.3) is 0 Å². The molecule has 6 heteroatoms. The van der Waals surface area contributed by atoms with Gasteiger partial charge in [-0.15, -0.1) is 0 Å². The summed E-state index contributed by atoms with van der Waals surface area (Å²) in [5.41, 5.74) is 0.612. The lowest BCUT2D eigenvalue weighted by Crippen LogP contribution is -2.28. The molecule has 2 rings (SSSR count). The Morgan fingerprint density at radius 2 is 2.15 bits per heavy atom. The summed E-state index contributed by atoms with van der Waals surface area (Å²) in [5, 5.41) is 0. The van der Waals surface area contributed by atoms with Gasteiger partial charge in [-0.1, -0.05) is 0 Å². The molecule has 0 aromatic carbocycles. The normalized spacial score (nSPS) is 15.4. The second-order valence-corrected chi connectivity index (χ2v) is 4.95. The van der Waals surface area contributed by atoms with Crippen LogP contribution in [0.2, 0.25) is 0 Å². The first-order valence-electron chi connectivity index (χ1n) is 6.78. The summed E-state index contributed by atoms with van der Waals surface area (Å²) in [4.78, 5) is 23.5. The van der Waals surface area contributed by atoms with Gasteiger partial charge in [-0.25, -0.2) is 9.79 Å². The highest BCUT2D eigenvalue weighted by Crippen LogP contribution is 2.26. The van der Waals surface area contributed by atoms with Crippen molar-refractivity contribution in [2.75, 3.05) is 27.2 Å². The van der Waals surface area contributed by atoms with E-state index in [2.05, 4.69) is 14.9 Å². The van der Waals surface area contributed by atoms with Gasteiger partial charge in [0.15, 0.2) is 5.75 Å². The van der Waals surface area contributed by atoms with Crippen LogP contribution in [-0.4, -0.2) is 54.4 Å². The van der Waals surface area contributed by atoms with Crippen molar-refractivity contribution in [2.24, 2.45) is 4.99 Å². The Bertz CT molecular complexity index is 482. The molecule has 0 spiro atoms. The molecular weight excluding hydrogens is 256 g/mol. The zero-order valence-corrected chi connectivity index (χ0v) is 12.0. The first-order valence-corrected chi connectivity index (χ1v) is 6.78. The summed E-state index contributed by atoms with van der Waals surface area (Å²) in [6.07, 6.45) is 8.20. The molecule has 1 amide bonds. The molecule has 1 aromatic rings. The maximum Gasteiger partial charge on any atom is 0.414 e. The maximum absolute atomic E-state index is 11.6. The SMILES string of the molecule is CN(C)C(=O)Oc1cnccc1N=CN1CCCCC1. The number of pyridine rings is 1. The number of hydrogen-bond acceptors (Lipinski definition) is 4. The van der Waals surface area contributed by atoms with Crippen LogP contribution in [0.4, 0.5) is 10.5 Å². The van der Waals surface area contributed by atoms with E-state index >= 15 is 0 Å². The molecule has 6 nitrogen and oxygen atoms in total. The Morgan fingerprint density at radius 1 is 1.40 bits per heavy atom.